The molecule has 1 aromatic rings. The highest BCUT2D eigenvalue weighted by Crippen LogP contribution is 2.29. The monoisotopic (exact) mass is 477 g/mol. The van der Waals surface area contributed by atoms with Crippen molar-refractivity contribution >= 4 is 21.8 Å². The van der Waals surface area contributed by atoms with Crippen LogP contribution in [0.2, 0.25) is 0 Å². The van der Waals surface area contributed by atoms with Crippen LogP contribution in [0.4, 0.5) is 0 Å². The number of amides is 2. The van der Waals surface area contributed by atoms with Gasteiger partial charge in [-0.1, -0.05) is 31.5 Å². The summed E-state index contributed by atoms with van der Waals surface area (Å²) in [6.45, 7) is 7.81. The van der Waals surface area contributed by atoms with Gasteiger partial charge in [-0.2, -0.15) is 0 Å². The number of nitrogens with zero attached hydrogens (tertiary/aromatic N) is 1. The van der Waals surface area contributed by atoms with Crippen LogP contribution in [0.3, 0.4) is 0 Å². The Labute approximate surface area is 198 Å². The van der Waals surface area contributed by atoms with Gasteiger partial charge in [0.15, 0.2) is 0 Å². The molecule has 0 aromatic heterocycles. The maximum Gasteiger partial charge on any atom is 0.245 e. The molecule has 1 saturated heterocycles. The molecule has 3 rings (SSSR count). The fourth-order valence-electron chi connectivity index (χ4n) is 4.75. The summed E-state index contributed by atoms with van der Waals surface area (Å²) >= 11 is 0. The van der Waals surface area contributed by atoms with Gasteiger partial charge in [0, 0.05) is 25.6 Å². The van der Waals surface area contributed by atoms with Gasteiger partial charge in [-0.05, 0) is 75.8 Å². The van der Waals surface area contributed by atoms with E-state index in [2.05, 4.69) is 10.0 Å². The molecule has 2 amide bonds. The van der Waals surface area contributed by atoms with Crippen molar-refractivity contribution in [2.45, 2.75) is 76.7 Å². The van der Waals surface area contributed by atoms with E-state index in [0.717, 1.165) is 50.8 Å². The first kappa shape index (κ1) is 25.7. The summed E-state index contributed by atoms with van der Waals surface area (Å²) in [5.41, 5.74) is 1.02. The van der Waals surface area contributed by atoms with Crippen LogP contribution in [-0.4, -0.2) is 50.8 Å². The van der Waals surface area contributed by atoms with E-state index in [1.54, 1.807) is 24.3 Å². The van der Waals surface area contributed by atoms with Crippen molar-refractivity contribution in [3.05, 3.63) is 29.8 Å². The minimum atomic E-state index is -3.52. The van der Waals surface area contributed by atoms with Crippen molar-refractivity contribution < 1.29 is 18.0 Å². The maximum atomic E-state index is 13.0. The Kier molecular flexibility index (Phi) is 8.93. The first-order valence-electron chi connectivity index (χ1n) is 12.3. The zero-order chi connectivity index (χ0) is 24.0. The highest BCUT2D eigenvalue weighted by Gasteiger charge is 2.33. The fourth-order valence-corrected chi connectivity index (χ4v) is 5.87. The van der Waals surface area contributed by atoms with Crippen LogP contribution in [0.1, 0.15) is 64.4 Å². The van der Waals surface area contributed by atoms with Crippen molar-refractivity contribution in [2.75, 3.05) is 19.6 Å². The van der Waals surface area contributed by atoms with E-state index in [1.807, 2.05) is 25.7 Å². The van der Waals surface area contributed by atoms with Crippen molar-refractivity contribution in [2.24, 2.45) is 17.8 Å². The molecule has 2 aliphatic rings. The first-order valence-corrected chi connectivity index (χ1v) is 13.8. The molecule has 1 aliphatic carbocycles. The number of rotatable bonds is 8. The Morgan fingerprint density at radius 3 is 2.18 bits per heavy atom. The second-order valence-corrected chi connectivity index (χ2v) is 11.8. The predicted octanol–water partition coefficient (Wildman–Crippen LogP) is 3.23. The maximum absolute atomic E-state index is 13.0. The minimum absolute atomic E-state index is 0.0379. The lowest BCUT2D eigenvalue weighted by Gasteiger charge is -2.34. The number of nitrogens with one attached hydrogen (secondary N) is 2. The van der Waals surface area contributed by atoms with Gasteiger partial charge >= 0.3 is 0 Å². The summed E-state index contributed by atoms with van der Waals surface area (Å²) < 4.78 is 27.8. The quantitative estimate of drug-likeness (QED) is 0.601. The molecular weight excluding hydrogens is 438 g/mol. The van der Waals surface area contributed by atoms with Gasteiger partial charge in [0.1, 0.15) is 6.04 Å². The Morgan fingerprint density at radius 2 is 1.61 bits per heavy atom. The number of hydrogen-bond acceptors (Lipinski definition) is 4. The van der Waals surface area contributed by atoms with Crippen molar-refractivity contribution in [3.8, 4) is 0 Å². The standard InChI is InChI=1S/C25H39N3O4S/c1-18(2)23(25(30)28-15-5-4-6-16-28)27-24(29)21-11-9-20(10-12-21)17-26-33(31,32)22-13-7-19(3)8-14-22/h7-8,13-14,18,20-21,23,26H,4-6,9-12,15-17H2,1-3H3,(H,27,29). The molecule has 1 aliphatic heterocycles. The minimum Gasteiger partial charge on any atom is -0.344 e. The van der Waals surface area contributed by atoms with Crippen LogP contribution in [0, 0.1) is 24.7 Å². The number of hydrogen-bond donors (Lipinski definition) is 2. The number of carbonyl (C=O) groups is 2. The number of aryl methyl sites for hydroxylation is 1. The van der Waals surface area contributed by atoms with Crippen molar-refractivity contribution in [3.63, 3.8) is 0 Å². The molecule has 0 radical (unpaired) electrons. The second kappa shape index (κ2) is 11.5. The first-order chi connectivity index (χ1) is 15.7. The third-order valence-corrected chi connectivity index (χ3v) is 8.45. The fraction of sp³-hybridized carbons (Fsp3) is 0.680. The van der Waals surface area contributed by atoms with Gasteiger partial charge < -0.3 is 10.2 Å². The van der Waals surface area contributed by atoms with Gasteiger partial charge in [-0.15, -0.1) is 0 Å². The molecule has 7 nitrogen and oxygen atoms in total. The molecule has 0 bridgehead atoms. The third-order valence-electron chi connectivity index (χ3n) is 7.01. The third kappa shape index (κ3) is 7.03. The molecule has 1 heterocycles. The van der Waals surface area contributed by atoms with Crippen LogP contribution >= 0.6 is 0 Å². The Bertz CT molecular complexity index is 900. The molecule has 33 heavy (non-hydrogen) atoms. The lowest BCUT2D eigenvalue weighted by atomic mass is 9.81. The average Bonchev–Trinajstić information content (AvgIpc) is 2.81. The largest absolute Gasteiger partial charge is 0.344 e. The molecule has 1 aromatic carbocycles. The van der Waals surface area contributed by atoms with Gasteiger partial charge in [-0.25, -0.2) is 13.1 Å². The van der Waals surface area contributed by atoms with Crippen LogP contribution < -0.4 is 10.0 Å². The number of sulfonamides is 1. The number of likely N-dealkylation sites (tertiary alicyclic amines) is 1. The van der Waals surface area contributed by atoms with E-state index >= 15 is 0 Å². The molecule has 1 saturated carbocycles. The van der Waals surface area contributed by atoms with Crippen LogP contribution in [-0.2, 0) is 19.6 Å². The summed E-state index contributed by atoms with van der Waals surface area (Å²) in [7, 11) is -3.52. The average molecular weight is 478 g/mol. The molecule has 184 valence electrons. The van der Waals surface area contributed by atoms with E-state index in [9.17, 15) is 18.0 Å². The van der Waals surface area contributed by atoms with Crippen molar-refractivity contribution in [1.29, 1.82) is 0 Å². The highest BCUT2D eigenvalue weighted by atomic mass is 32.2. The molecule has 1 unspecified atom stereocenters. The van der Waals surface area contributed by atoms with Crippen molar-refractivity contribution in [1.82, 2.24) is 14.9 Å². The van der Waals surface area contributed by atoms with Crippen LogP contribution in [0.5, 0.6) is 0 Å². The molecule has 0 spiro atoms. The highest BCUT2D eigenvalue weighted by molar-refractivity contribution is 7.89. The smallest absolute Gasteiger partial charge is 0.245 e. The van der Waals surface area contributed by atoms with Gasteiger partial charge in [0.25, 0.3) is 0 Å². The topological polar surface area (TPSA) is 95.6 Å². The summed E-state index contributed by atoms with van der Waals surface area (Å²) in [6.07, 6.45) is 6.23. The van der Waals surface area contributed by atoms with Gasteiger partial charge in [0.05, 0.1) is 4.90 Å². The van der Waals surface area contributed by atoms with Gasteiger partial charge in [0.2, 0.25) is 21.8 Å². The zero-order valence-corrected chi connectivity index (χ0v) is 21.0. The number of carbonyl (C=O) groups excluding carboxylic acids is 2. The molecule has 2 fully saturated rings. The van der Waals surface area contributed by atoms with E-state index < -0.39 is 16.1 Å². The van der Waals surface area contributed by atoms with E-state index in [4.69, 9.17) is 0 Å². The Morgan fingerprint density at radius 1 is 1.00 bits per heavy atom. The SMILES string of the molecule is Cc1ccc(S(=O)(=O)NCC2CCC(C(=O)NC(C(=O)N3CCCCC3)C(C)C)CC2)cc1. The predicted molar refractivity (Wildman–Crippen MR) is 129 cm³/mol. The second-order valence-electron chi connectivity index (χ2n) is 10.00. The normalized spacial score (nSPS) is 22.7. The van der Waals surface area contributed by atoms with Gasteiger partial charge in [-0.3, -0.25) is 9.59 Å². The number of piperidine rings is 1. The lowest BCUT2D eigenvalue weighted by molar-refractivity contribution is -0.139. The van der Waals surface area contributed by atoms with Crippen LogP contribution in [0.15, 0.2) is 29.2 Å². The van der Waals surface area contributed by atoms with Crippen LogP contribution in [0.25, 0.3) is 0 Å². The molecular formula is C25H39N3O4S. The summed E-state index contributed by atoms with van der Waals surface area (Å²) in [6, 6.07) is 6.34. The zero-order valence-electron chi connectivity index (χ0n) is 20.2. The lowest BCUT2D eigenvalue weighted by Crippen LogP contribution is -2.53. The summed E-state index contributed by atoms with van der Waals surface area (Å²) in [5, 5.41) is 3.04. The molecule has 2 N–H and O–H groups in total. The summed E-state index contributed by atoms with van der Waals surface area (Å²) in [4.78, 5) is 28.1. The summed E-state index contributed by atoms with van der Waals surface area (Å²) in [5.74, 6) is 0.126. The molecule has 8 heteroatoms. The number of benzene rings is 1. The van der Waals surface area contributed by atoms with E-state index in [1.165, 1.54) is 0 Å². The molecule has 1 atom stereocenters. The Hall–Kier alpha value is -1.93. The van der Waals surface area contributed by atoms with E-state index in [0.29, 0.717) is 19.4 Å². The van der Waals surface area contributed by atoms with E-state index in [-0.39, 0.29) is 34.5 Å². The Balaban J connectivity index is 1.47.